The molecule has 0 bridgehead atoms. The number of fused-ring (bicyclic) bond motifs is 1. The average Bonchev–Trinajstić information content (AvgIpc) is 2.90. The van der Waals surface area contributed by atoms with Crippen LogP contribution in [-0.4, -0.2) is 15.9 Å². The minimum Gasteiger partial charge on any atom is -0.346 e. The number of hydrogen-bond acceptors (Lipinski definition) is 2. The number of rotatable bonds is 2. The number of H-pyrrole nitrogens is 1. The first-order chi connectivity index (χ1) is 10.3. The van der Waals surface area contributed by atoms with Crippen LogP contribution in [0.4, 0.5) is 5.69 Å². The van der Waals surface area contributed by atoms with E-state index in [1.807, 2.05) is 19.2 Å². The van der Waals surface area contributed by atoms with Gasteiger partial charge in [0.05, 0.1) is 11.9 Å². The van der Waals surface area contributed by atoms with Gasteiger partial charge >= 0.3 is 0 Å². The zero-order valence-corrected chi connectivity index (χ0v) is 12.6. The quantitative estimate of drug-likeness (QED) is 0.870. The highest BCUT2D eigenvalue weighted by atomic mass is 16.1. The van der Waals surface area contributed by atoms with E-state index in [9.17, 15) is 4.79 Å². The lowest BCUT2D eigenvalue weighted by atomic mass is 9.90. The van der Waals surface area contributed by atoms with Crippen LogP contribution in [-0.2, 0) is 4.79 Å². The number of aromatic amines is 1. The van der Waals surface area contributed by atoms with Gasteiger partial charge in [-0.1, -0.05) is 32.1 Å². The molecule has 4 heteroatoms. The van der Waals surface area contributed by atoms with Crippen LogP contribution in [0.2, 0.25) is 0 Å². The maximum atomic E-state index is 12.5. The van der Waals surface area contributed by atoms with Crippen LogP contribution in [0.3, 0.4) is 0 Å². The Morgan fingerprint density at radius 1 is 1.24 bits per heavy atom. The smallest absolute Gasteiger partial charge is 0.227 e. The summed E-state index contributed by atoms with van der Waals surface area (Å²) in [4.78, 5) is 20.0. The highest BCUT2D eigenvalue weighted by Crippen LogP contribution is 2.26. The molecule has 0 spiro atoms. The number of aromatic nitrogens is 2. The van der Waals surface area contributed by atoms with E-state index in [2.05, 4.69) is 15.3 Å². The maximum Gasteiger partial charge on any atom is 0.227 e. The maximum absolute atomic E-state index is 12.5. The van der Waals surface area contributed by atoms with Gasteiger partial charge in [0.1, 0.15) is 5.65 Å². The summed E-state index contributed by atoms with van der Waals surface area (Å²) in [6, 6.07) is 2.00. The molecule has 0 saturated heterocycles. The van der Waals surface area contributed by atoms with Crippen molar-refractivity contribution in [2.75, 3.05) is 5.32 Å². The Bertz CT molecular complexity index is 624. The standard InChI is InChI=1S/C17H23N3O/c1-12-14-9-10-18-16(14)19-11-15(12)20-17(21)13-7-5-3-2-4-6-8-13/h9-11,13H,2-8H2,1H3,(H,18,19)(H,20,21). The summed E-state index contributed by atoms with van der Waals surface area (Å²) in [5.41, 5.74) is 2.80. The molecule has 1 fully saturated rings. The Morgan fingerprint density at radius 2 is 1.95 bits per heavy atom. The molecule has 2 aromatic heterocycles. The van der Waals surface area contributed by atoms with Crippen LogP contribution in [0.25, 0.3) is 11.0 Å². The van der Waals surface area contributed by atoms with E-state index in [1.54, 1.807) is 6.20 Å². The van der Waals surface area contributed by atoms with E-state index in [4.69, 9.17) is 0 Å². The molecule has 0 aliphatic heterocycles. The minimum atomic E-state index is 0.159. The van der Waals surface area contributed by atoms with Gasteiger partial charge in [-0.15, -0.1) is 0 Å². The summed E-state index contributed by atoms with van der Waals surface area (Å²) >= 11 is 0. The molecular formula is C17H23N3O. The molecule has 1 aliphatic rings. The van der Waals surface area contributed by atoms with E-state index >= 15 is 0 Å². The fourth-order valence-corrected chi connectivity index (χ4v) is 3.22. The largest absolute Gasteiger partial charge is 0.346 e. The number of hydrogen-bond donors (Lipinski definition) is 2. The first-order valence-corrected chi connectivity index (χ1v) is 7.99. The van der Waals surface area contributed by atoms with Gasteiger partial charge in [0.2, 0.25) is 5.91 Å². The number of anilines is 1. The van der Waals surface area contributed by atoms with E-state index in [1.165, 1.54) is 32.1 Å². The second-order valence-corrected chi connectivity index (χ2v) is 6.07. The molecule has 0 aromatic carbocycles. The summed E-state index contributed by atoms with van der Waals surface area (Å²) in [5, 5.41) is 4.17. The topological polar surface area (TPSA) is 57.8 Å². The normalized spacial score (nSPS) is 17.4. The Kier molecular flexibility index (Phi) is 4.23. The summed E-state index contributed by atoms with van der Waals surface area (Å²) in [6.45, 7) is 2.03. The van der Waals surface area contributed by atoms with Gasteiger partial charge in [0, 0.05) is 17.5 Å². The second kappa shape index (κ2) is 6.29. The predicted molar refractivity (Wildman–Crippen MR) is 85.3 cm³/mol. The van der Waals surface area contributed by atoms with Crippen molar-refractivity contribution in [3.8, 4) is 0 Å². The van der Waals surface area contributed by atoms with Crippen molar-refractivity contribution in [2.24, 2.45) is 5.92 Å². The molecule has 21 heavy (non-hydrogen) atoms. The second-order valence-electron chi connectivity index (χ2n) is 6.07. The molecule has 2 aromatic rings. The van der Waals surface area contributed by atoms with E-state index < -0.39 is 0 Å². The van der Waals surface area contributed by atoms with Crippen molar-refractivity contribution in [3.63, 3.8) is 0 Å². The van der Waals surface area contributed by atoms with Crippen LogP contribution >= 0.6 is 0 Å². The van der Waals surface area contributed by atoms with Gasteiger partial charge in [-0.3, -0.25) is 4.79 Å². The average molecular weight is 285 g/mol. The van der Waals surface area contributed by atoms with Gasteiger partial charge < -0.3 is 10.3 Å². The van der Waals surface area contributed by atoms with Crippen LogP contribution in [0.1, 0.15) is 50.5 Å². The number of carbonyl (C=O) groups is 1. The molecule has 1 saturated carbocycles. The Labute approximate surface area is 125 Å². The Morgan fingerprint density at radius 3 is 2.71 bits per heavy atom. The lowest BCUT2D eigenvalue weighted by Gasteiger charge is -2.19. The fourth-order valence-electron chi connectivity index (χ4n) is 3.22. The van der Waals surface area contributed by atoms with Crippen molar-refractivity contribution >= 4 is 22.6 Å². The summed E-state index contributed by atoms with van der Waals surface area (Å²) in [6.07, 6.45) is 11.9. The molecule has 4 nitrogen and oxygen atoms in total. The molecule has 0 unspecified atom stereocenters. The van der Waals surface area contributed by atoms with Gasteiger partial charge in [0.15, 0.2) is 0 Å². The third kappa shape index (κ3) is 3.09. The molecule has 0 radical (unpaired) electrons. The number of aryl methyl sites for hydroxylation is 1. The highest BCUT2D eigenvalue weighted by molar-refractivity contribution is 5.96. The number of amides is 1. The zero-order valence-electron chi connectivity index (χ0n) is 12.6. The highest BCUT2D eigenvalue weighted by Gasteiger charge is 2.20. The summed E-state index contributed by atoms with van der Waals surface area (Å²) < 4.78 is 0. The van der Waals surface area contributed by atoms with Crippen LogP contribution < -0.4 is 5.32 Å². The Hall–Kier alpha value is -1.84. The summed E-state index contributed by atoms with van der Waals surface area (Å²) in [7, 11) is 0. The van der Waals surface area contributed by atoms with Crippen molar-refractivity contribution in [2.45, 2.75) is 51.9 Å². The van der Waals surface area contributed by atoms with Crippen molar-refractivity contribution in [3.05, 3.63) is 24.0 Å². The molecular weight excluding hydrogens is 262 g/mol. The van der Waals surface area contributed by atoms with Crippen LogP contribution in [0, 0.1) is 12.8 Å². The van der Waals surface area contributed by atoms with Crippen LogP contribution in [0.5, 0.6) is 0 Å². The van der Waals surface area contributed by atoms with E-state index in [0.717, 1.165) is 35.1 Å². The fraction of sp³-hybridized carbons (Fsp3) is 0.529. The SMILES string of the molecule is Cc1c(NC(=O)C2CCCCCCC2)cnc2[nH]ccc12. The number of nitrogens with one attached hydrogen (secondary N) is 2. The minimum absolute atomic E-state index is 0.159. The lowest BCUT2D eigenvalue weighted by Crippen LogP contribution is -2.24. The first kappa shape index (κ1) is 14.1. The third-order valence-electron chi connectivity index (χ3n) is 4.59. The van der Waals surface area contributed by atoms with Gasteiger partial charge in [-0.25, -0.2) is 4.98 Å². The zero-order chi connectivity index (χ0) is 14.7. The van der Waals surface area contributed by atoms with Crippen molar-refractivity contribution < 1.29 is 4.79 Å². The first-order valence-electron chi connectivity index (χ1n) is 7.99. The van der Waals surface area contributed by atoms with Crippen LogP contribution in [0.15, 0.2) is 18.5 Å². The van der Waals surface area contributed by atoms with Gasteiger partial charge in [-0.2, -0.15) is 0 Å². The van der Waals surface area contributed by atoms with E-state index in [-0.39, 0.29) is 11.8 Å². The molecule has 2 N–H and O–H groups in total. The Balaban J connectivity index is 1.74. The van der Waals surface area contributed by atoms with Gasteiger partial charge in [-0.05, 0) is 31.4 Å². The molecule has 112 valence electrons. The van der Waals surface area contributed by atoms with Gasteiger partial charge in [0.25, 0.3) is 0 Å². The van der Waals surface area contributed by atoms with Crippen molar-refractivity contribution in [1.29, 1.82) is 0 Å². The molecule has 1 aliphatic carbocycles. The molecule has 2 heterocycles. The number of carbonyl (C=O) groups excluding carboxylic acids is 1. The third-order valence-corrected chi connectivity index (χ3v) is 4.59. The molecule has 3 rings (SSSR count). The predicted octanol–water partition coefficient (Wildman–Crippen LogP) is 4.17. The lowest BCUT2D eigenvalue weighted by molar-refractivity contribution is -0.120. The number of pyridine rings is 1. The molecule has 0 atom stereocenters. The summed E-state index contributed by atoms with van der Waals surface area (Å²) in [5.74, 6) is 0.323. The molecule has 1 amide bonds. The number of nitrogens with zero attached hydrogens (tertiary/aromatic N) is 1. The monoisotopic (exact) mass is 285 g/mol. The van der Waals surface area contributed by atoms with Crippen molar-refractivity contribution in [1.82, 2.24) is 9.97 Å². The van der Waals surface area contributed by atoms with E-state index in [0.29, 0.717) is 0 Å².